The van der Waals surface area contributed by atoms with Crippen molar-refractivity contribution in [3.8, 4) is 5.75 Å². The monoisotopic (exact) mass is 461 g/mol. The zero-order valence-electron chi connectivity index (χ0n) is 19.6. The van der Waals surface area contributed by atoms with Crippen LogP contribution in [0.1, 0.15) is 37.5 Å². The van der Waals surface area contributed by atoms with Crippen LogP contribution in [-0.2, 0) is 9.59 Å². The molecule has 2 aliphatic rings. The molecule has 4 rings (SSSR count). The summed E-state index contributed by atoms with van der Waals surface area (Å²) in [5.74, 6) is -0.425. The van der Waals surface area contributed by atoms with Gasteiger partial charge in [0.1, 0.15) is 11.3 Å². The topological polar surface area (TPSA) is 61.9 Å². The zero-order chi connectivity index (χ0) is 24.1. The molecule has 2 amide bonds. The molecule has 2 heterocycles. The van der Waals surface area contributed by atoms with Crippen molar-refractivity contribution in [2.75, 3.05) is 24.0 Å². The number of likely N-dealkylation sites (N-methyl/N-ethyl adjacent to an activating group) is 1. The summed E-state index contributed by atoms with van der Waals surface area (Å²) >= 11 is 5.30. The van der Waals surface area contributed by atoms with Gasteiger partial charge in [-0.1, -0.05) is 23.8 Å². The van der Waals surface area contributed by atoms with E-state index in [4.69, 9.17) is 17.0 Å². The molecule has 1 saturated heterocycles. The molecule has 2 aliphatic heterocycles. The number of methoxy groups -OCH3 is 1. The van der Waals surface area contributed by atoms with Crippen LogP contribution in [0.25, 0.3) is 11.6 Å². The SMILES string of the molecule is COc1cc2c(cc1/C=C1/C(=O)NC(=S)N(c3ccc(C)cc3)C1=O)C(C)=CC(C)(C)N2C. The number of carbonyl (C=O) groups excluding carboxylic acids is 2. The summed E-state index contributed by atoms with van der Waals surface area (Å²) in [6, 6.07) is 11.3. The van der Waals surface area contributed by atoms with Gasteiger partial charge in [0.2, 0.25) is 0 Å². The second-order valence-corrected chi connectivity index (χ2v) is 9.33. The maximum Gasteiger partial charge on any atom is 0.270 e. The van der Waals surface area contributed by atoms with Crippen LogP contribution >= 0.6 is 12.2 Å². The zero-order valence-corrected chi connectivity index (χ0v) is 20.5. The summed E-state index contributed by atoms with van der Waals surface area (Å²) in [5.41, 5.74) is 5.33. The first kappa shape index (κ1) is 22.7. The van der Waals surface area contributed by atoms with Crippen LogP contribution < -0.4 is 19.9 Å². The summed E-state index contributed by atoms with van der Waals surface area (Å²) in [5, 5.41) is 2.70. The average molecular weight is 462 g/mol. The van der Waals surface area contributed by atoms with E-state index < -0.39 is 11.8 Å². The van der Waals surface area contributed by atoms with E-state index in [1.54, 1.807) is 25.3 Å². The number of ether oxygens (including phenoxy) is 1. The Balaban J connectivity index is 1.81. The van der Waals surface area contributed by atoms with Crippen molar-refractivity contribution in [2.45, 2.75) is 33.2 Å². The normalized spacial score (nSPS) is 18.8. The Bertz CT molecular complexity index is 1240. The Morgan fingerprint density at radius 2 is 1.76 bits per heavy atom. The van der Waals surface area contributed by atoms with E-state index in [0.29, 0.717) is 17.0 Å². The van der Waals surface area contributed by atoms with Gasteiger partial charge in [0.15, 0.2) is 5.11 Å². The molecule has 2 aromatic carbocycles. The number of rotatable bonds is 3. The molecule has 0 unspecified atom stereocenters. The predicted molar refractivity (Wildman–Crippen MR) is 137 cm³/mol. The van der Waals surface area contributed by atoms with Crippen LogP contribution in [0.2, 0.25) is 0 Å². The third-order valence-corrected chi connectivity index (χ3v) is 6.55. The fraction of sp³-hybridized carbons (Fsp3) is 0.269. The summed E-state index contributed by atoms with van der Waals surface area (Å²) in [7, 11) is 3.62. The van der Waals surface area contributed by atoms with Gasteiger partial charge in [0.25, 0.3) is 11.8 Å². The molecule has 33 heavy (non-hydrogen) atoms. The second-order valence-electron chi connectivity index (χ2n) is 8.94. The fourth-order valence-corrected chi connectivity index (χ4v) is 4.51. The highest BCUT2D eigenvalue weighted by Crippen LogP contribution is 2.42. The summed E-state index contributed by atoms with van der Waals surface area (Å²) in [4.78, 5) is 29.7. The lowest BCUT2D eigenvalue weighted by Gasteiger charge is -2.41. The van der Waals surface area contributed by atoms with Crippen molar-refractivity contribution in [1.82, 2.24) is 5.32 Å². The van der Waals surface area contributed by atoms with Crippen LogP contribution in [0.15, 0.2) is 48.0 Å². The van der Waals surface area contributed by atoms with Crippen molar-refractivity contribution < 1.29 is 14.3 Å². The number of allylic oxidation sites excluding steroid dienone is 1. The molecule has 6 nitrogen and oxygen atoms in total. The molecule has 1 N–H and O–H groups in total. The number of nitrogens with one attached hydrogen (secondary N) is 1. The number of amides is 2. The molecule has 0 aromatic heterocycles. The highest BCUT2D eigenvalue weighted by molar-refractivity contribution is 7.80. The Morgan fingerprint density at radius 3 is 2.39 bits per heavy atom. The molecule has 7 heteroatoms. The number of anilines is 2. The van der Waals surface area contributed by atoms with Crippen LogP contribution in [-0.4, -0.2) is 36.6 Å². The van der Waals surface area contributed by atoms with E-state index in [1.807, 2.05) is 38.2 Å². The van der Waals surface area contributed by atoms with Crippen molar-refractivity contribution in [2.24, 2.45) is 0 Å². The molecular weight excluding hydrogens is 434 g/mol. The van der Waals surface area contributed by atoms with Crippen molar-refractivity contribution in [1.29, 1.82) is 0 Å². The van der Waals surface area contributed by atoms with Gasteiger partial charge in [0, 0.05) is 29.9 Å². The molecular formula is C26H27N3O3S. The Morgan fingerprint density at radius 1 is 1.09 bits per heavy atom. The van der Waals surface area contributed by atoms with Gasteiger partial charge in [-0.3, -0.25) is 19.8 Å². The predicted octanol–water partition coefficient (Wildman–Crippen LogP) is 4.47. The molecule has 0 bridgehead atoms. The Kier molecular flexibility index (Phi) is 5.62. The number of hydrogen-bond acceptors (Lipinski definition) is 5. The van der Waals surface area contributed by atoms with Crippen LogP contribution in [0.5, 0.6) is 5.75 Å². The number of aryl methyl sites for hydroxylation is 1. The van der Waals surface area contributed by atoms with Crippen molar-refractivity contribution >= 4 is 52.2 Å². The largest absolute Gasteiger partial charge is 0.496 e. The van der Waals surface area contributed by atoms with Gasteiger partial charge in [-0.15, -0.1) is 0 Å². The lowest BCUT2D eigenvalue weighted by atomic mass is 9.88. The van der Waals surface area contributed by atoms with E-state index in [2.05, 4.69) is 37.1 Å². The number of thiocarbonyl (C=S) groups is 1. The third-order valence-electron chi connectivity index (χ3n) is 6.26. The first-order valence-corrected chi connectivity index (χ1v) is 11.1. The standard InChI is InChI=1S/C26H27N3O3S/c1-15-7-9-18(10-8-15)29-24(31)20(23(30)27-25(29)33)12-17-11-19-16(2)14-26(3,4)28(5)21(19)13-22(17)32-6/h7-14H,1-6H3,(H,27,30,33)/b20-12-. The molecule has 0 spiro atoms. The minimum atomic E-state index is -0.529. The van der Waals surface area contributed by atoms with E-state index in [-0.39, 0.29) is 16.2 Å². The number of hydrogen-bond donors (Lipinski definition) is 1. The van der Waals surface area contributed by atoms with Gasteiger partial charge < -0.3 is 9.64 Å². The maximum atomic E-state index is 13.4. The van der Waals surface area contributed by atoms with Gasteiger partial charge in [-0.05, 0) is 69.8 Å². The molecule has 0 saturated carbocycles. The molecule has 2 aromatic rings. The highest BCUT2D eigenvalue weighted by Gasteiger charge is 2.35. The summed E-state index contributed by atoms with van der Waals surface area (Å²) in [6.45, 7) is 8.32. The Labute approximate surface area is 199 Å². The van der Waals surface area contributed by atoms with Crippen LogP contribution in [0, 0.1) is 6.92 Å². The average Bonchev–Trinajstić information content (AvgIpc) is 2.75. The smallest absolute Gasteiger partial charge is 0.270 e. The minimum Gasteiger partial charge on any atom is -0.496 e. The quantitative estimate of drug-likeness (QED) is 0.415. The lowest BCUT2D eigenvalue weighted by Crippen LogP contribution is -2.54. The molecule has 0 aliphatic carbocycles. The molecule has 0 radical (unpaired) electrons. The number of carbonyl (C=O) groups is 2. The first-order valence-electron chi connectivity index (χ1n) is 10.7. The van der Waals surface area contributed by atoms with E-state index in [9.17, 15) is 9.59 Å². The lowest BCUT2D eigenvalue weighted by molar-refractivity contribution is -0.122. The summed E-state index contributed by atoms with van der Waals surface area (Å²) in [6.07, 6.45) is 3.78. The molecule has 170 valence electrons. The molecule has 1 fully saturated rings. The van der Waals surface area contributed by atoms with E-state index >= 15 is 0 Å². The maximum absolute atomic E-state index is 13.4. The first-order chi connectivity index (χ1) is 15.5. The van der Waals surface area contributed by atoms with Gasteiger partial charge in [0.05, 0.1) is 18.3 Å². The third kappa shape index (κ3) is 3.93. The van der Waals surface area contributed by atoms with Gasteiger partial charge in [-0.25, -0.2) is 0 Å². The number of nitrogens with zero attached hydrogens (tertiary/aromatic N) is 2. The highest BCUT2D eigenvalue weighted by atomic mass is 32.1. The van der Waals surface area contributed by atoms with Gasteiger partial charge >= 0.3 is 0 Å². The fourth-order valence-electron chi connectivity index (χ4n) is 4.22. The molecule has 0 atom stereocenters. The van der Waals surface area contributed by atoms with E-state index in [1.165, 1.54) is 4.90 Å². The van der Waals surface area contributed by atoms with E-state index in [0.717, 1.165) is 22.4 Å². The summed E-state index contributed by atoms with van der Waals surface area (Å²) < 4.78 is 5.65. The Hall–Kier alpha value is -3.45. The minimum absolute atomic E-state index is 0.00597. The van der Waals surface area contributed by atoms with Crippen LogP contribution in [0.4, 0.5) is 11.4 Å². The number of benzene rings is 2. The van der Waals surface area contributed by atoms with Crippen molar-refractivity contribution in [3.63, 3.8) is 0 Å². The van der Waals surface area contributed by atoms with Crippen molar-refractivity contribution in [3.05, 3.63) is 64.7 Å². The van der Waals surface area contributed by atoms with Gasteiger partial charge in [-0.2, -0.15) is 0 Å². The van der Waals surface area contributed by atoms with Crippen LogP contribution in [0.3, 0.4) is 0 Å². The number of fused-ring (bicyclic) bond motifs is 1. The second kappa shape index (κ2) is 8.15.